The number of hydrogen-bond acceptors (Lipinski definition) is 5. The Labute approximate surface area is 206 Å². The summed E-state index contributed by atoms with van der Waals surface area (Å²) in [6.07, 6.45) is 4.74. The van der Waals surface area contributed by atoms with Crippen LogP contribution in [-0.4, -0.2) is 19.1 Å². The lowest BCUT2D eigenvalue weighted by atomic mass is 10.2. The number of nitrogens with one attached hydrogen (secondary N) is 1. The van der Waals surface area contributed by atoms with E-state index in [1.165, 1.54) is 18.9 Å². The van der Waals surface area contributed by atoms with Gasteiger partial charge in [-0.3, -0.25) is 14.1 Å². The number of thiazole rings is 1. The number of sulfonamides is 1. The Hall–Kier alpha value is -2.81. The third-order valence-electron chi connectivity index (χ3n) is 5.92. The molecule has 0 spiro atoms. The van der Waals surface area contributed by atoms with Crippen LogP contribution >= 0.6 is 22.9 Å². The van der Waals surface area contributed by atoms with Crippen molar-refractivity contribution in [1.29, 1.82) is 0 Å². The first-order valence-corrected chi connectivity index (χ1v) is 13.7. The lowest BCUT2D eigenvalue weighted by Crippen LogP contribution is -2.14. The molecule has 1 fully saturated rings. The van der Waals surface area contributed by atoms with Gasteiger partial charge in [0.25, 0.3) is 10.0 Å². The second-order valence-corrected chi connectivity index (χ2v) is 11.5. The van der Waals surface area contributed by atoms with Crippen LogP contribution in [-0.2, 0) is 16.6 Å². The van der Waals surface area contributed by atoms with Crippen LogP contribution in [0, 0.1) is 0 Å². The molecule has 1 heterocycles. The van der Waals surface area contributed by atoms with Gasteiger partial charge < -0.3 is 4.74 Å². The van der Waals surface area contributed by atoms with Crippen molar-refractivity contribution in [3.8, 4) is 5.75 Å². The molecule has 0 atom stereocenters. The lowest BCUT2D eigenvalue weighted by Gasteiger charge is -2.14. The van der Waals surface area contributed by atoms with Crippen molar-refractivity contribution >= 4 is 48.9 Å². The van der Waals surface area contributed by atoms with Gasteiger partial charge in [-0.05, 0) is 85.8 Å². The van der Waals surface area contributed by atoms with Crippen molar-refractivity contribution in [2.45, 2.75) is 43.2 Å². The van der Waals surface area contributed by atoms with Crippen molar-refractivity contribution < 1.29 is 13.2 Å². The molecule has 0 amide bonds. The van der Waals surface area contributed by atoms with Crippen LogP contribution in [0.4, 0.5) is 5.69 Å². The van der Waals surface area contributed by atoms with Crippen molar-refractivity contribution in [3.05, 3.63) is 87.0 Å². The van der Waals surface area contributed by atoms with Crippen LogP contribution < -0.4 is 14.3 Å². The van der Waals surface area contributed by atoms with E-state index in [9.17, 15) is 13.2 Å². The zero-order chi connectivity index (χ0) is 23.7. The maximum Gasteiger partial charge on any atom is 0.308 e. The minimum absolute atomic E-state index is 0.103. The average Bonchev–Trinajstić information content (AvgIpc) is 3.43. The second kappa shape index (κ2) is 9.44. The maximum absolute atomic E-state index is 13.0. The van der Waals surface area contributed by atoms with E-state index in [0.29, 0.717) is 27.5 Å². The summed E-state index contributed by atoms with van der Waals surface area (Å²) < 4.78 is 36.8. The molecule has 1 aromatic heterocycles. The topological polar surface area (TPSA) is 77.4 Å². The van der Waals surface area contributed by atoms with E-state index < -0.39 is 10.0 Å². The number of rotatable bonds is 7. The van der Waals surface area contributed by atoms with E-state index in [1.807, 2.05) is 12.1 Å². The Balaban J connectivity index is 1.34. The number of nitrogens with zero attached hydrogens (tertiary/aromatic N) is 1. The molecule has 1 aliphatic rings. The lowest BCUT2D eigenvalue weighted by molar-refractivity contribution is 0.210. The van der Waals surface area contributed by atoms with Gasteiger partial charge in [-0.2, -0.15) is 0 Å². The number of hydrogen-bond donors (Lipinski definition) is 1. The van der Waals surface area contributed by atoms with E-state index in [2.05, 4.69) is 4.72 Å². The number of anilines is 1. The van der Waals surface area contributed by atoms with Crippen LogP contribution in [0.1, 0.15) is 31.2 Å². The molecule has 0 saturated heterocycles. The Bertz CT molecular complexity index is 1470. The number of fused-ring (bicyclic) bond motifs is 1. The smallest absolute Gasteiger partial charge is 0.308 e. The van der Waals surface area contributed by atoms with Gasteiger partial charge in [0.2, 0.25) is 0 Å². The highest BCUT2D eigenvalue weighted by atomic mass is 35.5. The van der Waals surface area contributed by atoms with Crippen LogP contribution in [0.2, 0.25) is 5.02 Å². The molecule has 176 valence electrons. The fourth-order valence-electron chi connectivity index (χ4n) is 4.15. The summed E-state index contributed by atoms with van der Waals surface area (Å²) in [5, 5.41) is 0.629. The zero-order valence-corrected chi connectivity index (χ0v) is 20.6. The summed E-state index contributed by atoms with van der Waals surface area (Å²) in [4.78, 5) is 12.6. The summed E-state index contributed by atoms with van der Waals surface area (Å²) in [6, 6.07) is 19.0. The molecule has 6 nitrogen and oxygen atoms in total. The van der Waals surface area contributed by atoms with Crippen molar-refractivity contribution in [2.24, 2.45) is 0 Å². The molecule has 1 saturated carbocycles. The van der Waals surface area contributed by atoms with Crippen LogP contribution in [0.5, 0.6) is 5.75 Å². The van der Waals surface area contributed by atoms with Crippen LogP contribution in [0.15, 0.2) is 76.4 Å². The van der Waals surface area contributed by atoms with Gasteiger partial charge >= 0.3 is 4.87 Å². The second-order valence-electron chi connectivity index (χ2n) is 8.36. The summed E-state index contributed by atoms with van der Waals surface area (Å²) in [5.41, 5.74) is 2.08. The largest absolute Gasteiger partial charge is 0.490 e. The quantitative estimate of drug-likeness (QED) is 0.334. The molecule has 34 heavy (non-hydrogen) atoms. The number of aromatic nitrogens is 1. The van der Waals surface area contributed by atoms with E-state index in [4.69, 9.17) is 16.3 Å². The van der Waals surface area contributed by atoms with Crippen LogP contribution in [0.25, 0.3) is 10.2 Å². The average molecular weight is 515 g/mol. The minimum atomic E-state index is -3.82. The molecule has 4 aromatic rings. The fraction of sp³-hybridized carbons (Fsp3) is 0.240. The molecule has 9 heteroatoms. The van der Waals surface area contributed by atoms with E-state index >= 15 is 0 Å². The molecule has 0 bridgehead atoms. The fourth-order valence-corrected chi connectivity index (χ4v) is 6.37. The van der Waals surface area contributed by atoms with Crippen molar-refractivity contribution in [1.82, 2.24) is 4.57 Å². The summed E-state index contributed by atoms with van der Waals surface area (Å²) in [5.74, 6) is 0.739. The number of halogens is 1. The molecule has 0 radical (unpaired) electrons. The highest BCUT2D eigenvalue weighted by molar-refractivity contribution is 7.92. The number of ether oxygens (including phenoxy) is 1. The molecule has 1 N–H and O–H groups in total. The summed E-state index contributed by atoms with van der Waals surface area (Å²) in [7, 11) is -3.82. The van der Waals surface area contributed by atoms with Gasteiger partial charge in [0.1, 0.15) is 5.75 Å². The Morgan fingerprint density at radius 1 is 1.00 bits per heavy atom. The van der Waals surface area contributed by atoms with Gasteiger partial charge in [0.15, 0.2) is 0 Å². The van der Waals surface area contributed by atoms with E-state index in [1.54, 1.807) is 53.1 Å². The Morgan fingerprint density at radius 3 is 2.41 bits per heavy atom. The SMILES string of the molecule is O=c1sc2cc(S(=O)(=O)Nc3ccc(OC4CCCC4)cc3)ccc2n1Cc1ccc(Cl)cc1. The van der Waals surface area contributed by atoms with Gasteiger partial charge in [0.05, 0.1) is 27.8 Å². The third kappa shape index (κ3) is 4.99. The first-order valence-electron chi connectivity index (χ1n) is 11.0. The van der Waals surface area contributed by atoms with Gasteiger partial charge in [0, 0.05) is 10.7 Å². The van der Waals surface area contributed by atoms with Gasteiger partial charge in [-0.1, -0.05) is 35.1 Å². The molecule has 0 aliphatic heterocycles. The zero-order valence-electron chi connectivity index (χ0n) is 18.2. The predicted octanol–water partition coefficient (Wildman–Crippen LogP) is 5.89. The molecular formula is C25H23ClN2O4S2. The van der Waals surface area contributed by atoms with E-state index in [-0.39, 0.29) is 15.9 Å². The first kappa shape index (κ1) is 23.0. The number of benzene rings is 3. The normalized spacial score (nSPS) is 14.5. The maximum atomic E-state index is 13.0. The summed E-state index contributed by atoms with van der Waals surface area (Å²) >= 11 is 6.97. The molecule has 5 rings (SSSR count). The highest BCUT2D eigenvalue weighted by Crippen LogP contribution is 2.27. The van der Waals surface area contributed by atoms with Gasteiger partial charge in [-0.15, -0.1) is 0 Å². The minimum Gasteiger partial charge on any atom is -0.490 e. The molecule has 0 unspecified atom stereocenters. The standard InChI is InChI=1S/C25H23ClN2O4S2/c26-18-7-5-17(6-8-18)16-28-23-14-13-22(15-24(23)33-25(28)29)34(30,31)27-19-9-11-21(12-10-19)32-20-3-1-2-4-20/h5-15,20,27H,1-4,16H2. The highest BCUT2D eigenvalue weighted by Gasteiger charge is 2.19. The molecule has 1 aliphatic carbocycles. The van der Waals surface area contributed by atoms with Crippen molar-refractivity contribution in [3.63, 3.8) is 0 Å². The summed E-state index contributed by atoms with van der Waals surface area (Å²) in [6.45, 7) is 0.385. The monoisotopic (exact) mass is 514 g/mol. The Morgan fingerprint density at radius 2 is 1.71 bits per heavy atom. The third-order valence-corrected chi connectivity index (χ3v) is 8.49. The predicted molar refractivity (Wildman–Crippen MR) is 137 cm³/mol. The Kier molecular flexibility index (Phi) is 6.38. The van der Waals surface area contributed by atoms with Crippen molar-refractivity contribution in [2.75, 3.05) is 4.72 Å². The first-order chi connectivity index (χ1) is 16.4. The van der Waals surface area contributed by atoms with Gasteiger partial charge in [-0.25, -0.2) is 8.42 Å². The van der Waals surface area contributed by atoms with Crippen LogP contribution in [0.3, 0.4) is 0 Å². The molecule has 3 aromatic carbocycles. The molecular weight excluding hydrogens is 492 g/mol. The van der Waals surface area contributed by atoms with E-state index in [0.717, 1.165) is 35.5 Å².